The highest BCUT2D eigenvalue weighted by Crippen LogP contribution is 2.43. The maximum absolute atomic E-state index is 12.7. The molecule has 0 amide bonds. The van der Waals surface area contributed by atoms with Crippen molar-refractivity contribution in [3.8, 4) is 0 Å². The number of ether oxygens (including phenoxy) is 2. The van der Waals surface area contributed by atoms with Crippen LogP contribution in [0.3, 0.4) is 0 Å². The standard InChI is InChI=1S/C45H82NO8P/c1-6-8-10-12-14-16-18-20-22-24-25-27-29-31-33-35-37-44(47)51-41-43(42-53-55(49,50)52-40-39-46(3,4)5)54-45(48)38-36-34-32-30-28-26-23-21-19-17-15-13-11-9-7-2/h9,11,15,17,21-24,43H,6-8,10,12-14,16,18-20,25-42H2,1-5H3/p+1/b11-9-,17-15-,23-21-,24-22-/t43-/m1/s1. The van der Waals surface area contributed by atoms with Crippen molar-refractivity contribution in [3.63, 3.8) is 0 Å². The number of unbranched alkanes of at least 4 members (excludes halogenated alkanes) is 17. The maximum Gasteiger partial charge on any atom is 0.472 e. The molecule has 0 bridgehead atoms. The topological polar surface area (TPSA) is 108 Å². The van der Waals surface area contributed by atoms with Crippen LogP contribution >= 0.6 is 7.82 Å². The highest BCUT2D eigenvalue weighted by atomic mass is 31.2. The van der Waals surface area contributed by atoms with Crippen molar-refractivity contribution in [1.29, 1.82) is 0 Å². The zero-order valence-corrected chi connectivity index (χ0v) is 36.8. The number of esters is 2. The van der Waals surface area contributed by atoms with Gasteiger partial charge in [-0.2, -0.15) is 0 Å². The first-order valence-corrected chi connectivity index (χ1v) is 23.4. The first kappa shape index (κ1) is 53.0. The summed E-state index contributed by atoms with van der Waals surface area (Å²) in [4.78, 5) is 35.3. The van der Waals surface area contributed by atoms with E-state index in [9.17, 15) is 19.0 Å². The van der Waals surface area contributed by atoms with Crippen LogP contribution in [0.5, 0.6) is 0 Å². The molecule has 9 nitrogen and oxygen atoms in total. The third kappa shape index (κ3) is 41.4. The Morgan fingerprint density at radius 2 is 1.04 bits per heavy atom. The number of phosphoric ester groups is 1. The van der Waals surface area contributed by atoms with Crippen LogP contribution in [-0.4, -0.2) is 74.9 Å². The van der Waals surface area contributed by atoms with Gasteiger partial charge in [-0.3, -0.25) is 18.6 Å². The lowest BCUT2D eigenvalue weighted by atomic mass is 10.1. The van der Waals surface area contributed by atoms with Crippen LogP contribution in [0.1, 0.15) is 174 Å². The van der Waals surface area contributed by atoms with E-state index >= 15 is 0 Å². The number of carbonyl (C=O) groups is 2. The number of hydrogen-bond donors (Lipinski definition) is 1. The number of hydrogen-bond acceptors (Lipinski definition) is 7. The van der Waals surface area contributed by atoms with Crippen molar-refractivity contribution < 1.29 is 42.1 Å². The van der Waals surface area contributed by atoms with Crippen LogP contribution in [-0.2, 0) is 32.7 Å². The van der Waals surface area contributed by atoms with E-state index in [1.54, 1.807) is 0 Å². The largest absolute Gasteiger partial charge is 0.472 e. The summed E-state index contributed by atoms with van der Waals surface area (Å²) in [6.07, 6.45) is 43.0. The highest BCUT2D eigenvalue weighted by molar-refractivity contribution is 7.47. The zero-order chi connectivity index (χ0) is 40.7. The Morgan fingerprint density at radius 3 is 1.56 bits per heavy atom. The molecule has 0 saturated heterocycles. The van der Waals surface area contributed by atoms with Gasteiger partial charge in [-0.05, 0) is 70.6 Å². The number of likely N-dealkylation sites (N-methyl/N-ethyl adjacent to an activating group) is 1. The Hall–Kier alpha value is -2.03. The third-order valence-electron chi connectivity index (χ3n) is 9.09. The number of phosphoric acid groups is 1. The molecule has 1 unspecified atom stereocenters. The van der Waals surface area contributed by atoms with Crippen molar-refractivity contribution in [1.82, 2.24) is 0 Å². The van der Waals surface area contributed by atoms with Crippen LogP contribution in [0.4, 0.5) is 0 Å². The van der Waals surface area contributed by atoms with Crippen molar-refractivity contribution in [2.24, 2.45) is 0 Å². The average Bonchev–Trinajstić information content (AvgIpc) is 3.13. The summed E-state index contributed by atoms with van der Waals surface area (Å²) < 4.78 is 34.3. The maximum atomic E-state index is 12.7. The Labute approximate surface area is 337 Å². The van der Waals surface area contributed by atoms with Crippen LogP contribution in [0.15, 0.2) is 48.6 Å². The monoisotopic (exact) mass is 797 g/mol. The van der Waals surface area contributed by atoms with Gasteiger partial charge in [-0.15, -0.1) is 0 Å². The minimum Gasteiger partial charge on any atom is -0.462 e. The summed E-state index contributed by atoms with van der Waals surface area (Å²) in [6, 6.07) is 0. The molecule has 0 aliphatic heterocycles. The van der Waals surface area contributed by atoms with Gasteiger partial charge in [0.2, 0.25) is 0 Å². The van der Waals surface area contributed by atoms with Gasteiger partial charge >= 0.3 is 19.8 Å². The van der Waals surface area contributed by atoms with Gasteiger partial charge in [-0.25, -0.2) is 4.57 Å². The van der Waals surface area contributed by atoms with Gasteiger partial charge < -0.3 is 18.9 Å². The van der Waals surface area contributed by atoms with Crippen molar-refractivity contribution in [2.75, 3.05) is 47.5 Å². The van der Waals surface area contributed by atoms with Crippen LogP contribution in [0.25, 0.3) is 0 Å². The molecule has 0 radical (unpaired) electrons. The molecule has 0 saturated carbocycles. The van der Waals surface area contributed by atoms with Crippen LogP contribution < -0.4 is 0 Å². The molecule has 0 rings (SSSR count). The molecular weight excluding hydrogens is 713 g/mol. The minimum absolute atomic E-state index is 0.0254. The fourth-order valence-corrected chi connectivity index (χ4v) is 6.41. The molecule has 1 N–H and O–H groups in total. The fourth-order valence-electron chi connectivity index (χ4n) is 5.67. The lowest BCUT2D eigenvalue weighted by molar-refractivity contribution is -0.870. The molecule has 10 heteroatoms. The van der Waals surface area contributed by atoms with Gasteiger partial charge in [0.25, 0.3) is 0 Å². The molecule has 0 fully saturated rings. The smallest absolute Gasteiger partial charge is 0.462 e. The second kappa shape index (κ2) is 37.5. The van der Waals surface area contributed by atoms with Crippen LogP contribution in [0, 0.1) is 0 Å². The summed E-state index contributed by atoms with van der Waals surface area (Å²) >= 11 is 0. The second-order valence-corrected chi connectivity index (χ2v) is 17.1. The molecule has 0 aromatic carbocycles. The Morgan fingerprint density at radius 1 is 0.582 bits per heavy atom. The first-order valence-electron chi connectivity index (χ1n) is 21.9. The molecule has 0 heterocycles. The summed E-state index contributed by atoms with van der Waals surface area (Å²) in [5.74, 6) is -0.830. The Kier molecular flexibility index (Phi) is 36.2. The molecule has 0 aliphatic carbocycles. The Bertz CT molecular complexity index is 1080. The quantitative estimate of drug-likeness (QED) is 0.0215. The van der Waals surface area contributed by atoms with Crippen LogP contribution in [0.2, 0.25) is 0 Å². The second-order valence-electron chi connectivity index (χ2n) is 15.7. The molecule has 0 aliphatic rings. The zero-order valence-electron chi connectivity index (χ0n) is 35.9. The predicted octanol–water partition coefficient (Wildman–Crippen LogP) is 12.3. The molecular formula is C45H83NO8P+. The number of quaternary nitrogens is 1. The van der Waals surface area contributed by atoms with Gasteiger partial charge in [0.05, 0.1) is 27.7 Å². The fraction of sp³-hybridized carbons (Fsp3) is 0.778. The number of allylic oxidation sites excluding steroid dienone is 8. The van der Waals surface area contributed by atoms with Gasteiger partial charge in [0.1, 0.15) is 19.8 Å². The molecule has 320 valence electrons. The minimum atomic E-state index is -4.38. The van der Waals surface area contributed by atoms with E-state index in [-0.39, 0.29) is 32.0 Å². The predicted molar refractivity (Wildman–Crippen MR) is 229 cm³/mol. The van der Waals surface area contributed by atoms with E-state index in [1.165, 1.54) is 51.4 Å². The number of nitrogens with zero attached hydrogens (tertiary/aromatic N) is 1. The highest BCUT2D eigenvalue weighted by Gasteiger charge is 2.27. The van der Waals surface area contributed by atoms with Crippen molar-refractivity contribution in [3.05, 3.63) is 48.6 Å². The van der Waals surface area contributed by atoms with E-state index in [0.717, 1.165) is 89.9 Å². The SMILES string of the molecule is CC/C=C\C/C=C\C/C=C\CCCCCCCC(=O)O[C@H](COC(=O)CCCCCCC/C=C\CCCCCCCCC)COP(=O)(O)OCC[N+](C)(C)C. The summed E-state index contributed by atoms with van der Waals surface area (Å²) in [5.41, 5.74) is 0. The van der Waals surface area contributed by atoms with Gasteiger partial charge in [0.15, 0.2) is 6.10 Å². The third-order valence-corrected chi connectivity index (χ3v) is 10.1. The average molecular weight is 797 g/mol. The number of rotatable bonds is 39. The summed E-state index contributed by atoms with van der Waals surface area (Å²) in [6.45, 7) is 4.27. The molecule has 0 spiro atoms. The van der Waals surface area contributed by atoms with Gasteiger partial charge in [-0.1, -0.05) is 140 Å². The van der Waals surface area contributed by atoms with E-state index in [4.69, 9.17) is 18.5 Å². The molecule has 0 aromatic rings. The lowest BCUT2D eigenvalue weighted by Crippen LogP contribution is -2.37. The normalized spacial score (nSPS) is 14.1. The number of carbonyl (C=O) groups excluding carboxylic acids is 2. The molecule has 2 atom stereocenters. The van der Waals surface area contributed by atoms with Crippen molar-refractivity contribution >= 4 is 19.8 Å². The lowest BCUT2D eigenvalue weighted by Gasteiger charge is -2.24. The summed E-state index contributed by atoms with van der Waals surface area (Å²) in [5, 5.41) is 0. The van der Waals surface area contributed by atoms with E-state index in [0.29, 0.717) is 17.4 Å². The molecule has 0 aromatic heterocycles. The van der Waals surface area contributed by atoms with Crippen molar-refractivity contribution in [2.45, 2.75) is 180 Å². The molecule has 55 heavy (non-hydrogen) atoms. The van der Waals surface area contributed by atoms with E-state index < -0.39 is 26.5 Å². The summed E-state index contributed by atoms with van der Waals surface area (Å²) in [7, 11) is 1.45. The Balaban J connectivity index is 4.40. The van der Waals surface area contributed by atoms with Gasteiger partial charge in [0, 0.05) is 12.8 Å². The van der Waals surface area contributed by atoms with E-state index in [2.05, 4.69) is 62.5 Å². The van der Waals surface area contributed by atoms with E-state index in [1.807, 2.05) is 21.1 Å². The first-order chi connectivity index (χ1) is 26.5.